The second kappa shape index (κ2) is 9.36. The van der Waals surface area contributed by atoms with Crippen molar-refractivity contribution in [3.63, 3.8) is 0 Å². The molecule has 0 atom stereocenters. The van der Waals surface area contributed by atoms with E-state index in [4.69, 9.17) is 42.5 Å². The van der Waals surface area contributed by atoms with Gasteiger partial charge in [-0.05, 0) is 54.5 Å². The second-order valence-corrected chi connectivity index (χ2v) is 6.13. The van der Waals surface area contributed by atoms with Crippen LogP contribution in [-0.4, -0.2) is 31.4 Å². The van der Waals surface area contributed by atoms with E-state index in [1.165, 1.54) is 13.2 Å². The summed E-state index contributed by atoms with van der Waals surface area (Å²) in [5.74, 6) is 0.431. The number of carboxylic acid groups (broad SMARTS) is 1. The van der Waals surface area contributed by atoms with Gasteiger partial charge in [0.05, 0.1) is 12.1 Å². The van der Waals surface area contributed by atoms with Gasteiger partial charge in [0.25, 0.3) is 0 Å². The van der Waals surface area contributed by atoms with Gasteiger partial charge in [0.2, 0.25) is 0 Å². The Balaban J connectivity index is 1.99. The monoisotopic (exact) mass is 396 g/mol. The highest BCUT2D eigenvalue weighted by atomic mass is 35.5. The van der Waals surface area contributed by atoms with Gasteiger partial charge >= 0.3 is 5.97 Å². The van der Waals surface area contributed by atoms with Crippen LogP contribution in [0.3, 0.4) is 0 Å². The van der Waals surface area contributed by atoms with Crippen molar-refractivity contribution in [2.24, 2.45) is 0 Å². The summed E-state index contributed by atoms with van der Waals surface area (Å²) in [5.41, 5.74) is 1.52. The Morgan fingerprint density at radius 1 is 1.12 bits per heavy atom. The zero-order chi connectivity index (χ0) is 19.1. The fraction of sp³-hybridized carbons (Fsp3) is 0.211. The van der Waals surface area contributed by atoms with Crippen molar-refractivity contribution in [2.45, 2.75) is 6.92 Å². The molecule has 2 aromatic rings. The molecule has 0 amide bonds. The van der Waals surface area contributed by atoms with Crippen molar-refractivity contribution in [3.8, 4) is 17.2 Å². The fourth-order valence-electron chi connectivity index (χ4n) is 2.15. The average Bonchev–Trinajstić information content (AvgIpc) is 2.60. The SMILES string of the molecule is COc1cc(C=CC(=O)O)cc(Cl)c1OCCOc1ccc(Cl)c(C)c1. The lowest BCUT2D eigenvalue weighted by atomic mass is 10.2. The molecule has 0 radical (unpaired) electrons. The number of halogens is 2. The summed E-state index contributed by atoms with van der Waals surface area (Å²) in [6.07, 6.45) is 2.44. The first-order valence-electron chi connectivity index (χ1n) is 7.71. The van der Waals surface area contributed by atoms with E-state index in [0.29, 0.717) is 39.5 Å². The van der Waals surface area contributed by atoms with Crippen LogP contribution in [0.15, 0.2) is 36.4 Å². The molecule has 0 unspecified atom stereocenters. The first kappa shape index (κ1) is 19.9. The molecule has 0 aliphatic heterocycles. The largest absolute Gasteiger partial charge is 0.493 e. The molecule has 26 heavy (non-hydrogen) atoms. The van der Waals surface area contributed by atoms with E-state index in [1.54, 1.807) is 24.3 Å². The van der Waals surface area contributed by atoms with Crippen LogP contribution in [0.5, 0.6) is 17.2 Å². The van der Waals surface area contributed by atoms with E-state index in [-0.39, 0.29) is 6.61 Å². The van der Waals surface area contributed by atoms with E-state index in [2.05, 4.69) is 0 Å². The lowest BCUT2D eigenvalue weighted by Crippen LogP contribution is -2.10. The summed E-state index contributed by atoms with van der Waals surface area (Å²) in [6.45, 7) is 2.46. The summed E-state index contributed by atoms with van der Waals surface area (Å²) in [4.78, 5) is 10.6. The summed E-state index contributed by atoms with van der Waals surface area (Å²) < 4.78 is 16.6. The molecule has 5 nitrogen and oxygen atoms in total. The van der Waals surface area contributed by atoms with E-state index < -0.39 is 5.97 Å². The van der Waals surface area contributed by atoms with Crippen molar-refractivity contribution < 1.29 is 24.1 Å². The predicted molar refractivity (Wildman–Crippen MR) is 102 cm³/mol. The molecule has 0 spiro atoms. The molecular formula is C19H18Cl2O5. The predicted octanol–water partition coefficient (Wildman–Crippen LogP) is 4.87. The molecule has 1 N–H and O–H groups in total. The first-order valence-corrected chi connectivity index (χ1v) is 8.46. The summed E-state index contributed by atoms with van der Waals surface area (Å²) in [5, 5.41) is 9.70. The Morgan fingerprint density at radius 3 is 2.50 bits per heavy atom. The number of rotatable bonds is 8. The summed E-state index contributed by atoms with van der Waals surface area (Å²) >= 11 is 12.2. The zero-order valence-corrected chi connectivity index (χ0v) is 15.8. The smallest absolute Gasteiger partial charge is 0.328 e. The van der Waals surface area contributed by atoms with Gasteiger partial charge in [-0.3, -0.25) is 0 Å². The molecule has 138 valence electrons. The van der Waals surface area contributed by atoms with Gasteiger partial charge in [-0.15, -0.1) is 0 Å². The number of hydrogen-bond acceptors (Lipinski definition) is 4. The quantitative estimate of drug-likeness (QED) is 0.509. The van der Waals surface area contributed by atoms with Crippen molar-refractivity contribution in [2.75, 3.05) is 20.3 Å². The number of methoxy groups -OCH3 is 1. The van der Waals surface area contributed by atoms with Crippen molar-refractivity contribution >= 4 is 35.2 Å². The number of benzene rings is 2. The molecule has 0 saturated carbocycles. The lowest BCUT2D eigenvalue weighted by Gasteiger charge is -2.14. The molecule has 2 rings (SSSR count). The third kappa shape index (κ3) is 5.58. The van der Waals surface area contributed by atoms with Crippen LogP contribution in [-0.2, 0) is 4.79 Å². The van der Waals surface area contributed by atoms with Crippen LogP contribution in [0.4, 0.5) is 0 Å². The molecule has 7 heteroatoms. The van der Waals surface area contributed by atoms with Crippen LogP contribution in [0.1, 0.15) is 11.1 Å². The minimum absolute atomic E-state index is 0.252. The second-order valence-electron chi connectivity index (χ2n) is 5.31. The maximum Gasteiger partial charge on any atom is 0.328 e. The Hall–Kier alpha value is -2.37. The van der Waals surface area contributed by atoms with Gasteiger partial charge in [0.1, 0.15) is 19.0 Å². The molecule has 0 fully saturated rings. The molecule has 0 bridgehead atoms. The molecule has 0 aromatic heterocycles. The van der Waals surface area contributed by atoms with Crippen molar-refractivity contribution in [3.05, 3.63) is 57.6 Å². The highest BCUT2D eigenvalue weighted by Crippen LogP contribution is 2.36. The number of aliphatic carboxylic acids is 1. The molecule has 2 aromatic carbocycles. The Bertz CT molecular complexity index is 818. The average molecular weight is 397 g/mol. The zero-order valence-electron chi connectivity index (χ0n) is 14.3. The van der Waals surface area contributed by atoms with E-state index in [1.807, 2.05) is 13.0 Å². The van der Waals surface area contributed by atoms with Crippen molar-refractivity contribution in [1.82, 2.24) is 0 Å². The minimum atomic E-state index is -1.05. The fourth-order valence-corrected chi connectivity index (χ4v) is 2.55. The van der Waals surface area contributed by atoms with Gasteiger partial charge in [-0.2, -0.15) is 0 Å². The van der Waals surface area contributed by atoms with E-state index in [9.17, 15) is 4.79 Å². The Morgan fingerprint density at radius 2 is 1.85 bits per heavy atom. The van der Waals surface area contributed by atoms with Gasteiger partial charge in [0.15, 0.2) is 11.5 Å². The van der Waals surface area contributed by atoms with Crippen LogP contribution in [0, 0.1) is 6.92 Å². The maximum atomic E-state index is 10.6. The summed E-state index contributed by atoms with van der Waals surface area (Å²) in [6, 6.07) is 8.65. The van der Waals surface area contributed by atoms with E-state index >= 15 is 0 Å². The van der Waals surface area contributed by atoms with E-state index in [0.717, 1.165) is 11.6 Å². The molecule has 0 heterocycles. The number of carbonyl (C=O) groups is 1. The van der Waals surface area contributed by atoms with Crippen LogP contribution in [0.2, 0.25) is 10.0 Å². The standard InChI is InChI=1S/C19H18Cl2O5/c1-12-9-14(4-5-15(12)20)25-7-8-26-19-16(21)10-13(3-6-18(22)23)11-17(19)24-2/h3-6,9-11H,7-8H2,1-2H3,(H,22,23). The Kier molecular flexibility index (Phi) is 7.18. The van der Waals surface area contributed by atoms with Crippen LogP contribution < -0.4 is 14.2 Å². The number of ether oxygens (including phenoxy) is 3. The van der Waals surface area contributed by atoms with Gasteiger partial charge in [0, 0.05) is 11.1 Å². The topological polar surface area (TPSA) is 65.0 Å². The number of carboxylic acids is 1. The first-order chi connectivity index (χ1) is 12.4. The molecule has 0 aliphatic carbocycles. The summed E-state index contributed by atoms with van der Waals surface area (Å²) in [7, 11) is 1.48. The number of aryl methyl sites for hydroxylation is 1. The highest BCUT2D eigenvalue weighted by molar-refractivity contribution is 6.32. The normalized spacial score (nSPS) is 10.8. The third-order valence-corrected chi connectivity index (χ3v) is 4.10. The maximum absolute atomic E-state index is 10.6. The molecule has 0 aliphatic rings. The lowest BCUT2D eigenvalue weighted by molar-refractivity contribution is -0.131. The van der Waals surface area contributed by atoms with Gasteiger partial charge in [-0.1, -0.05) is 23.2 Å². The van der Waals surface area contributed by atoms with Crippen molar-refractivity contribution in [1.29, 1.82) is 0 Å². The number of hydrogen-bond donors (Lipinski definition) is 1. The molecular weight excluding hydrogens is 379 g/mol. The third-order valence-electron chi connectivity index (χ3n) is 3.40. The van der Waals surface area contributed by atoms with Crippen LogP contribution in [0.25, 0.3) is 6.08 Å². The minimum Gasteiger partial charge on any atom is -0.493 e. The molecule has 0 saturated heterocycles. The van der Waals surface area contributed by atoms with Gasteiger partial charge < -0.3 is 19.3 Å². The van der Waals surface area contributed by atoms with Crippen LogP contribution >= 0.6 is 23.2 Å². The Labute approximate surface area is 161 Å². The van der Waals surface area contributed by atoms with Gasteiger partial charge in [-0.25, -0.2) is 4.79 Å². The highest BCUT2D eigenvalue weighted by Gasteiger charge is 2.11.